The van der Waals surface area contributed by atoms with Gasteiger partial charge in [-0.05, 0) is 23.8 Å². The zero-order chi connectivity index (χ0) is 23.5. The molecule has 32 heavy (non-hydrogen) atoms. The first-order valence-electron chi connectivity index (χ1n) is 9.29. The Hall–Kier alpha value is -2.64. The molecule has 1 aliphatic heterocycles. The quantitative estimate of drug-likeness (QED) is 0.576. The van der Waals surface area contributed by atoms with Gasteiger partial charge in [0.05, 0.1) is 19.1 Å². The number of thiophene rings is 1. The van der Waals surface area contributed by atoms with Gasteiger partial charge in [0.25, 0.3) is 10.0 Å². The highest BCUT2D eigenvalue weighted by atomic mass is 32.2. The molecule has 1 aromatic heterocycles. The fourth-order valence-electron chi connectivity index (χ4n) is 3.08. The number of esters is 1. The van der Waals surface area contributed by atoms with Gasteiger partial charge in [-0.2, -0.15) is 4.31 Å². The Balaban J connectivity index is 1.56. The fourth-order valence-corrected chi connectivity index (χ4v) is 5.80. The molecule has 1 aromatic carbocycles. The van der Waals surface area contributed by atoms with Crippen molar-refractivity contribution in [3.63, 3.8) is 0 Å². The average molecular weight is 492 g/mol. The molecule has 3 rings (SSSR count). The number of hydrogen-bond donors (Lipinski definition) is 0. The first-order valence-corrected chi connectivity index (χ1v) is 11.6. The molecule has 1 amide bonds. The van der Waals surface area contributed by atoms with Crippen molar-refractivity contribution in [3.05, 3.63) is 46.8 Å². The van der Waals surface area contributed by atoms with E-state index < -0.39 is 22.4 Å². The van der Waals surface area contributed by atoms with Crippen molar-refractivity contribution in [1.82, 2.24) is 9.21 Å². The summed E-state index contributed by atoms with van der Waals surface area (Å²) in [7, 11) is -2.61. The Labute approximate surface area is 186 Å². The molecule has 8 nitrogen and oxygen atoms in total. The van der Waals surface area contributed by atoms with Crippen LogP contribution in [0, 0.1) is 0 Å². The van der Waals surface area contributed by atoms with Gasteiger partial charge in [0.1, 0.15) is 9.96 Å². The molecule has 0 unspecified atom stereocenters. The van der Waals surface area contributed by atoms with E-state index >= 15 is 0 Å². The van der Waals surface area contributed by atoms with Crippen LogP contribution >= 0.6 is 11.3 Å². The Kier molecular flexibility index (Phi) is 7.10. The maximum absolute atomic E-state index is 12.8. The van der Waals surface area contributed by atoms with Crippen LogP contribution in [0.15, 0.2) is 39.9 Å². The highest BCUT2D eigenvalue weighted by Crippen LogP contribution is 2.26. The fraction of sp³-hybridized carbons (Fsp3) is 0.368. The van der Waals surface area contributed by atoms with Crippen LogP contribution in [0.5, 0.6) is 5.75 Å². The summed E-state index contributed by atoms with van der Waals surface area (Å²) in [6, 6.07) is 6.26. The van der Waals surface area contributed by atoms with Gasteiger partial charge in [-0.3, -0.25) is 4.79 Å². The highest BCUT2D eigenvalue weighted by molar-refractivity contribution is 7.91. The number of sulfonamides is 1. The molecule has 2 heterocycles. The summed E-state index contributed by atoms with van der Waals surface area (Å²) >= 11 is 0.916. The Morgan fingerprint density at radius 1 is 1.09 bits per heavy atom. The third kappa shape index (κ3) is 5.78. The smallest absolute Gasteiger partial charge is 0.465 e. The largest absolute Gasteiger partial charge is 0.573 e. The topological polar surface area (TPSA) is 93.2 Å². The van der Waals surface area contributed by atoms with Crippen LogP contribution in [0.4, 0.5) is 13.2 Å². The molecule has 174 valence electrons. The second-order valence-electron chi connectivity index (χ2n) is 6.80. The van der Waals surface area contributed by atoms with E-state index in [1.807, 2.05) is 0 Å². The number of hydrogen-bond acceptors (Lipinski definition) is 7. The van der Waals surface area contributed by atoms with Crippen LogP contribution in [0.3, 0.4) is 0 Å². The van der Waals surface area contributed by atoms with Crippen molar-refractivity contribution in [2.45, 2.75) is 17.0 Å². The number of nitrogens with zero attached hydrogens (tertiary/aromatic N) is 2. The number of amides is 1. The molecule has 1 fully saturated rings. The van der Waals surface area contributed by atoms with Crippen molar-refractivity contribution < 1.29 is 40.7 Å². The van der Waals surface area contributed by atoms with E-state index in [0.717, 1.165) is 23.5 Å². The minimum atomic E-state index is -4.79. The Morgan fingerprint density at radius 3 is 2.28 bits per heavy atom. The number of rotatable bonds is 6. The SMILES string of the molecule is COC(=O)c1csc(S(=O)(=O)N2CCN(C(=O)Cc3ccc(OC(F)(F)F)cc3)CC2)c1. The maximum Gasteiger partial charge on any atom is 0.573 e. The van der Waals surface area contributed by atoms with Crippen molar-refractivity contribution in [3.8, 4) is 5.75 Å². The molecule has 0 atom stereocenters. The van der Waals surface area contributed by atoms with E-state index in [-0.39, 0.29) is 54.0 Å². The average Bonchev–Trinajstić information content (AvgIpc) is 3.25. The first kappa shape index (κ1) is 24.0. The lowest BCUT2D eigenvalue weighted by molar-refractivity contribution is -0.274. The van der Waals surface area contributed by atoms with E-state index in [1.54, 1.807) is 0 Å². The van der Waals surface area contributed by atoms with Crippen molar-refractivity contribution in [1.29, 1.82) is 0 Å². The van der Waals surface area contributed by atoms with E-state index in [4.69, 9.17) is 0 Å². The zero-order valence-electron chi connectivity index (χ0n) is 16.8. The molecule has 13 heteroatoms. The summed E-state index contributed by atoms with van der Waals surface area (Å²) in [6.07, 6.45) is -4.83. The predicted molar refractivity (Wildman–Crippen MR) is 108 cm³/mol. The van der Waals surface area contributed by atoms with Crippen LogP contribution in [0.2, 0.25) is 0 Å². The third-order valence-electron chi connectivity index (χ3n) is 4.69. The highest BCUT2D eigenvalue weighted by Gasteiger charge is 2.32. The number of methoxy groups -OCH3 is 1. The molecule has 0 aliphatic carbocycles. The van der Waals surface area contributed by atoms with Gasteiger partial charge in [-0.25, -0.2) is 13.2 Å². The minimum Gasteiger partial charge on any atom is -0.465 e. The number of carbonyl (C=O) groups excluding carboxylic acids is 2. The first-order chi connectivity index (χ1) is 15.0. The van der Waals surface area contributed by atoms with Gasteiger partial charge in [0.2, 0.25) is 5.91 Å². The van der Waals surface area contributed by atoms with Gasteiger partial charge in [-0.1, -0.05) is 12.1 Å². The van der Waals surface area contributed by atoms with Gasteiger partial charge < -0.3 is 14.4 Å². The molecule has 2 aromatic rings. The molecule has 0 N–H and O–H groups in total. The number of halogens is 3. The van der Waals surface area contributed by atoms with Crippen LogP contribution in [0.25, 0.3) is 0 Å². The number of alkyl halides is 3. The predicted octanol–water partition coefficient (Wildman–Crippen LogP) is 2.51. The summed E-state index contributed by atoms with van der Waals surface area (Å²) in [6.45, 7) is 0.501. The molecular weight excluding hydrogens is 473 g/mol. The number of piperazine rings is 1. The van der Waals surface area contributed by atoms with Gasteiger partial charge in [0, 0.05) is 31.6 Å². The summed E-state index contributed by atoms with van der Waals surface area (Å²) in [5.74, 6) is -1.27. The van der Waals surface area contributed by atoms with Gasteiger partial charge in [0.15, 0.2) is 0 Å². The Bertz CT molecular complexity index is 1080. The summed E-state index contributed by atoms with van der Waals surface area (Å²) < 4.78 is 71.9. The lowest BCUT2D eigenvalue weighted by Crippen LogP contribution is -2.50. The summed E-state index contributed by atoms with van der Waals surface area (Å²) in [5.41, 5.74) is 0.657. The molecule has 1 saturated heterocycles. The monoisotopic (exact) mass is 492 g/mol. The number of carbonyl (C=O) groups is 2. The molecule has 0 radical (unpaired) electrons. The molecule has 1 aliphatic rings. The summed E-state index contributed by atoms with van der Waals surface area (Å²) in [5, 5.41) is 1.41. The summed E-state index contributed by atoms with van der Waals surface area (Å²) in [4.78, 5) is 25.6. The lowest BCUT2D eigenvalue weighted by Gasteiger charge is -2.33. The second kappa shape index (κ2) is 9.46. The maximum atomic E-state index is 12.8. The molecular formula is C19H19F3N2O6S2. The lowest BCUT2D eigenvalue weighted by atomic mass is 10.1. The number of benzene rings is 1. The molecule has 0 spiro atoms. The van der Waals surface area contributed by atoms with Crippen LogP contribution in [0.1, 0.15) is 15.9 Å². The standard InChI is InChI=1S/C19H19F3N2O6S2/c1-29-18(26)14-11-17(31-12-14)32(27,28)24-8-6-23(7-9-24)16(25)10-13-2-4-15(5-3-13)30-19(20,21)22/h2-5,11-12H,6-10H2,1H3. The van der Waals surface area contributed by atoms with Crippen molar-refractivity contribution in [2.75, 3.05) is 33.3 Å². The van der Waals surface area contributed by atoms with Gasteiger partial charge >= 0.3 is 12.3 Å². The zero-order valence-corrected chi connectivity index (χ0v) is 18.4. The number of ether oxygens (including phenoxy) is 2. The minimum absolute atomic E-state index is 0.0128. The Morgan fingerprint density at radius 2 is 1.72 bits per heavy atom. The molecule has 0 bridgehead atoms. The van der Waals surface area contributed by atoms with Crippen LogP contribution in [-0.4, -0.2) is 69.2 Å². The van der Waals surface area contributed by atoms with Crippen LogP contribution in [-0.2, 0) is 26.0 Å². The molecule has 0 saturated carbocycles. The van der Waals surface area contributed by atoms with E-state index in [2.05, 4.69) is 9.47 Å². The van der Waals surface area contributed by atoms with Crippen molar-refractivity contribution in [2.24, 2.45) is 0 Å². The van der Waals surface area contributed by atoms with E-state index in [9.17, 15) is 31.2 Å². The van der Waals surface area contributed by atoms with Crippen LogP contribution < -0.4 is 4.74 Å². The van der Waals surface area contributed by atoms with E-state index in [1.165, 1.54) is 39.9 Å². The second-order valence-corrected chi connectivity index (χ2v) is 9.88. The van der Waals surface area contributed by atoms with Gasteiger partial charge in [-0.15, -0.1) is 24.5 Å². The van der Waals surface area contributed by atoms with E-state index in [0.29, 0.717) is 5.56 Å². The normalized spacial score (nSPS) is 15.4. The third-order valence-corrected chi connectivity index (χ3v) is 8.01. The van der Waals surface area contributed by atoms with Crippen molar-refractivity contribution >= 4 is 33.2 Å².